The van der Waals surface area contributed by atoms with Crippen LogP contribution in [0.1, 0.15) is 5.56 Å². The standard InChI is InChI=1S/C10H12N2O3/c11-8(13)10(12,9(14)15)6-7-4-2-1-3-5-7/h1-5H,6,12H2,(H2,11,13)(H,14,15)/t10-/m1/s1. The molecule has 0 spiro atoms. The number of carboxylic acid groups (broad SMARTS) is 1. The molecular formula is C10H12N2O3. The van der Waals surface area contributed by atoms with Gasteiger partial charge < -0.3 is 16.6 Å². The van der Waals surface area contributed by atoms with Crippen molar-refractivity contribution >= 4 is 11.9 Å². The minimum atomic E-state index is -2.04. The molecule has 5 N–H and O–H groups in total. The molecule has 5 nitrogen and oxygen atoms in total. The summed E-state index contributed by atoms with van der Waals surface area (Å²) in [6.45, 7) is 0. The molecule has 15 heavy (non-hydrogen) atoms. The van der Waals surface area contributed by atoms with Gasteiger partial charge in [-0.3, -0.25) is 4.79 Å². The van der Waals surface area contributed by atoms with Crippen LogP contribution in [0.25, 0.3) is 0 Å². The van der Waals surface area contributed by atoms with Gasteiger partial charge in [0.1, 0.15) is 0 Å². The van der Waals surface area contributed by atoms with Crippen molar-refractivity contribution in [1.82, 2.24) is 0 Å². The van der Waals surface area contributed by atoms with E-state index in [-0.39, 0.29) is 6.42 Å². The first-order valence-electron chi connectivity index (χ1n) is 4.33. The van der Waals surface area contributed by atoms with Crippen LogP contribution in [0, 0.1) is 0 Å². The molecule has 1 atom stereocenters. The molecule has 0 aromatic heterocycles. The Balaban J connectivity index is 2.95. The van der Waals surface area contributed by atoms with Gasteiger partial charge in [-0.2, -0.15) is 0 Å². The number of nitrogens with two attached hydrogens (primary N) is 2. The maximum atomic E-state index is 11.0. The lowest BCUT2D eigenvalue weighted by Gasteiger charge is -2.20. The van der Waals surface area contributed by atoms with Crippen LogP contribution in [0.5, 0.6) is 0 Å². The maximum absolute atomic E-state index is 11.0. The normalized spacial score (nSPS) is 14.2. The van der Waals surface area contributed by atoms with Gasteiger partial charge in [0, 0.05) is 6.42 Å². The lowest BCUT2D eigenvalue weighted by molar-refractivity contribution is -0.147. The summed E-state index contributed by atoms with van der Waals surface area (Å²) in [4.78, 5) is 21.8. The van der Waals surface area contributed by atoms with E-state index in [0.717, 1.165) is 0 Å². The zero-order valence-electron chi connectivity index (χ0n) is 8.01. The van der Waals surface area contributed by atoms with Crippen LogP contribution in [-0.2, 0) is 16.0 Å². The van der Waals surface area contributed by atoms with Gasteiger partial charge in [0.05, 0.1) is 0 Å². The van der Waals surface area contributed by atoms with Crippen molar-refractivity contribution < 1.29 is 14.7 Å². The van der Waals surface area contributed by atoms with Gasteiger partial charge in [0.15, 0.2) is 5.54 Å². The van der Waals surface area contributed by atoms with Crippen molar-refractivity contribution in [3.8, 4) is 0 Å². The summed E-state index contributed by atoms with van der Waals surface area (Å²) in [5.74, 6) is -2.46. The summed E-state index contributed by atoms with van der Waals surface area (Å²) < 4.78 is 0. The van der Waals surface area contributed by atoms with Crippen molar-refractivity contribution in [3.63, 3.8) is 0 Å². The number of carbonyl (C=O) groups is 2. The van der Waals surface area contributed by atoms with Gasteiger partial charge in [0.25, 0.3) is 0 Å². The molecular weight excluding hydrogens is 196 g/mol. The Bertz CT molecular complexity index is 362. The third kappa shape index (κ3) is 2.32. The third-order valence-electron chi connectivity index (χ3n) is 2.15. The van der Waals surface area contributed by atoms with E-state index in [0.29, 0.717) is 5.56 Å². The maximum Gasteiger partial charge on any atom is 0.333 e. The average molecular weight is 208 g/mol. The minimum Gasteiger partial charge on any atom is -0.479 e. The third-order valence-corrected chi connectivity index (χ3v) is 2.15. The Morgan fingerprint density at radius 2 is 1.80 bits per heavy atom. The number of carboxylic acids is 1. The van der Waals surface area contributed by atoms with Gasteiger partial charge >= 0.3 is 5.97 Å². The Kier molecular flexibility index (Phi) is 3.06. The Morgan fingerprint density at radius 1 is 1.27 bits per heavy atom. The zero-order chi connectivity index (χ0) is 11.5. The van der Waals surface area contributed by atoms with Crippen molar-refractivity contribution in [2.45, 2.75) is 12.0 Å². The van der Waals surface area contributed by atoms with E-state index in [1.807, 2.05) is 0 Å². The van der Waals surface area contributed by atoms with Crippen molar-refractivity contribution in [2.24, 2.45) is 11.5 Å². The molecule has 0 aliphatic carbocycles. The van der Waals surface area contributed by atoms with Gasteiger partial charge in [-0.1, -0.05) is 30.3 Å². The highest BCUT2D eigenvalue weighted by atomic mass is 16.4. The van der Waals surface area contributed by atoms with Crippen LogP contribution in [0.15, 0.2) is 30.3 Å². The molecule has 0 aliphatic rings. The molecule has 0 unspecified atom stereocenters. The van der Waals surface area contributed by atoms with E-state index in [9.17, 15) is 9.59 Å². The fourth-order valence-electron chi connectivity index (χ4n) is 1.19. The van der Waals surface area contributed by atoms with E-state index < -0.39 is 17.4 Å². The van der Waals surface area contributed by atoms with Gasteiger partial charge in [-0.15, -0.1) is 0 Å². The van der Waals surface area contributed by atoms with E-state index >= 15 is 0 Å². The van der Waals surface area contributed by atoms with Crippen LogP contribution in [-0.4, -0.2) is 22.5 Å². The molecule has 1 rings (SSSR count). The van der Waals surface area contributed by atoms with E-state index in [1.54, 1.807) is 30.3 Å². The number of primary amides is 1. The summed E-state index contributed by atoms with van der Waals surface area (Å²) in [5.41, 5.74) is 9.03. The summed E-state index contributed by atoms with van der Waals surface area (Å²) in [6.07, 6.45) is -0.113. The van der Waals surface area contributed by atoms with E-state index in [1.165, 1.54) is 0 Å². The number of benzene rings is 1. The lowest BCUT2D eigenvalue weighted by atomic mass is 9.91. The van der Waals surface area contributed by atoms with Gasteiger partial charge in [-0.05, 0) is 5.56 Å². The molecule has 0 aliphatic heterocycles. The largest absolute Gasteiger partial charge is 0.479 e. The topological polar surface area (TPSA) is 106 Å². The van der Waals surface area contributed by atoms with Gasteiger partial charge in [0.2, 0.25) is 5.91 Å². The Morgan fingerprint density at radius 3 is 2.20 bits per heavy atom. The quantitative estimate of drug-likeness (QED) is 0.579. The number of hydrogen-bond acceptors (Lipinski definition) is 3. The number of hydrogen-bond donors (Lipinski definition) is 3. The first-order valence-corrected chi connectivity index (χ1v) is 4.33. The summed E-state index contributed by atoms with van der Waals surface area (Å²) in [7, 11) is 0. The predicted octanol–water partition coefficient (Wildman–Crippen LogP) is -0.504. The Hall–Kier alpha value is -1.88. The highest BCUT2D eigenvalue weighted by molar-refractivity contribution is 6.05. The van der Waals surface area contributed by atoms with Crippen LogP contribution in [0.3, 0.4) is 0 Å². The van der Waals surface area contributed by atoms with Gasteiger partial charge in [-0.25, -0.2) is 4.79 Å². The highest BCUT2D eigenvalue weighted by Crippen LogP contribution is 2.11. The number of aliphatic carboxylic acids is 1. The summed E-state index contributed by atoms with van der Waals surface area (Å²) in [6, 6.07) is 8.63. The molecule has 1 aromatic rings. The predicted molar refractivity (Wildman–Crippen MR) is 53.9 cm³/mol. The number of rotatable bonds is 4. The molecule has 1 amide bonds. The summed E-state index contributed by atoms with van der Waals surface area (Å²) in [5, 5.41) is 8.84. The van der Waals surface area contributed by atoms with Crippen LogP contribution >= 0.6 is 0 Å². The van der Waals surface area contributed by atoms with Crippen molar-refractivity contribution in [1.29, 1.82) is 0 Å². The molecule has 80 valence electrons. The molecule has 0 heterocycles. The van der Waals surface area contributed by atoms with Crippen LogP contribution in [0.2, 0.25) is 0 Å². The first kappa shape index (κ1) is 11.2. The van der Waals surface area contributed by atoms with Crippen LogP contribution < -0.4 is 11.5 Å². The highest BCUT2D eigenvalue weighted by Gasteiger charge is 2.40. The van der Waals surface area contributed by atoms with E-state index in [4.69, 9.17) is 16.6 Å². The molecule has 1 aromatic carbocycles. The first-order chi connectivity index (χ1) is 6.97. The second kappa shape index (κ2) is 4.10. The average Bonchev–Trinajstić information content (AvgIpc) is 2.18. The molecule has 5 heteroatoms. The molecule has 0 fully saturated rings. The minimum absolute atomic E-state index is 0.113. The van der Waals surface area contributed by atoms with Crippen molar-refractivity contribution in [3.05, 3.63) is 35.9 Å². The fraction of sp³-hybridized carbons (Fsp3) is 0.200. The SMILES string of the molecule is NC(=O)[C@](N)(Cc1ccccc1)C(=O)O. The molecule has 0 saturated heterocycles. The number of carbonyl (C=O) groups excluding carboxylic acids is 1. The second-order valence-electron chi connectivity index (χ2n) is 3.30. The number of amides is 1. The summed E-state index contributed by atoms with van der Waals surface area (Å²) >= 11 is 0. The van der Waals surface area contributed by atoms with E-state index in [2.05, 4.69) is 0 Å². The monoisotopic (exact) mass is 208 g/mol. The van der Waals surface area contributed by atoms with Crippen LogP contribution in [0.4, 0.5) is 0 Å². The van der Waals surface area contributed by atoms with Crippen molar-refractivity contribution in [2.75, 3.05) is 0 Å². The second-order valence-corrected chi connectivity index (χ2v) is 3.30. The lowest BCUT2D eigenvalue weighted by Crippen LogP contribution is -2.59. The molecule has 0 saturated carbocycles. The Labute approximate surface area is 86.7 Å². The molecule has 0 bridgehead atoms. The smallest absolute Gasteiger partial charge is 0.333 e. The zero-order valence-corrected chi connectivity index (χ0v) is 8.01. The molecule has 0 radical (unpaired) electrons. The fourth-order valence-corrected chi connectivity index (χ4v) is 1.19.